The molecule has 0 radical (unpaired) electrons. The van der Waals surface area contributed by atoms with Gasteiger partial charge in [0.25, 0.3) is 0 Å². The lowest BCUT2D eigenvalue weighted by atomic mass is 9.97. The molecule has 0 amide bonds. The van der Waals surface area contributed by atoms with E-state index in [0.29, 0.717) is 19.6 Å². The van der Waals surface area contributed by atoms with Gasteiger partial charge in [-0.05, 0) is 23.1 Å². The zero-order valence-corrected chi connectivity index (χ0v) is 8.55. The number of ether oxygens (including phenoxy) is 1. The summed E-state index contributed by atoms with van der Waals surface area (Å²) in [4.78, 5) is 0. The second-order valence-electron chi connectivity index (χ2n) is 3.85. The van der Waals surface area contributed by atoms with Crippen molar-refractivity contribution in [2.24, 2.45) is 5.73 Å². The minimum absolute atomic E-state index is 0.119. The van der Waals surface area contributed by atoms with E-state index in [9.17, 15) is 13.2 Å². The molecule has 1 aromatic carbocycles. The summed E-state index contributed by atoms with van der Waals surface area (Å²) in [6, 6.07) is 2.72. The van der Waals surface area contributed by atoms with Gasteiger partial charge in [-0.2, -0.15) is 13.2 Å². The summed E-state index contributed by atoms with van der Waals surface area (Å²) >= 11 is 0. The molecule has 0 aliphatic carbocycles. The monoisotopic (exact) mass is 231 g/mol. The van der Waals surface area contributed by atoms with Gasteiger partial charge in [0.1, 0.15) is 6.04 Å². The summed E-state index contributed by atoms with van der Waals surface area (Å²) < 4.78 is 42.5. The van der Waals surface area contributed by atoms with Crippen LogP contribution in [0.4, 0.5) is 13.2 Å². The molecule has 1 aliphatic heterocycles. The molecule has 1 unspecified atom stereocenters. The quantitative estimate of drug-likeness (QED) is 0.805. The van der Waals surface area contributed by atoms with Crippen molar-refractivity contribution in [3.8, 4) is 0 Å². The minimum atomic E-state index is -4.39. The van der Waals surface area contributed by atoms with Gasteiger partial charge < -0.3 is 10.5 Å². The molecule has 0 fully saturated rings. The van der Waals surface area contributed by atoms with Crippen molar-refractivity contribution >= 4 is 0 Å². The highest BCUT2D eigenvalue weighted by Gasteiger charge is 2.38. The summed E-state index contributed by atoms with van der Waals surface area (Å²) in [5.74, 6) is 0. The third kappa shape index (κ3) is 2.20. The first kappa shape index (κ1) is 11.4. The molecule has 2 N–H and O–H groups in total. The summed E-state index contributed by atoms with van der Waals surface area (Å²) in [6.45, 7) is 1.02. The number of alkyl halides is 3. The zero-order valence-electron chi connectivity index (χ0n) is 8.55. The molecule has 88 valence electrons. The lowest BCUT2D eigenvalue weighted by Crippen LogP contribution is -2.28. The molecule has 0 aromatic heterocycles. The van der Waals surface area contributed by atoms with Crippen LogP contribution in [-0.4, -0.2) is 12.8 Å². The van der Waals surface area contributed by atoms with Crippen LogP contribution in [0.2, 0.25) is 0 Å². The third-order valence-corrected chi connectivity index (χ3v) is 2.72. The molecule has 5 heteroatoms. The van der Waals surface area contributed by atoms with Crippen LogP contribution < -0.4 is 5.73 Å². The van der Waals surface area contributed by atoms with E-state index in [2.05, 4.69) is 0 Å². The number of nitrogens with two attached hydrogens (primary N) is 1. The first-order valence-electron chi connectivity index (χ1n) is 5.00. The Morgan fingerprint density at radius 2 is 2.00 bits per heavy atom. The van der Waals surface area contributed by atoms with E-state index in [4.69, 9.17) is 10.5 Å². The van der Waals surface area contributed by atoms with Crippen LogP contribution in [0, 0.1) is 0 Å². The molecule has 0 bridgehead atoms. The smallest absolute Gasteiger partial charge is 0.376 e. The molecule has 1 aliphatic rings. The van der Waals surface area contributed by atoms with Crippen molar-refractivity contribution in [3.05, 3.63) is 34.9 Å². The van der Waals surface area contributed by atoms with E-state index in [1.54, 1.807) is 6.07 Å². The van der Waals surface area contributed by atoms with Crippen molar-refractivity contribution in [2.45, 2.75) is 25.2 Å². The van der Waals surface area contributed by atoms with Gasteiger partial charge >= 0.3 is 6.18 Å². The Morgan fingerprint density at radius 1 is 1.25 bits per heavy atom. The Labute approximate surface area is 91.2 Å². The van der Waals surface area contributed by atoms with E-state index in [0.717, 1.165) is 11.1 Å². The molecule has 1 heterocycles. The summed E-state index contributed by atoms with van der Waals surface area (Å²) in [7, 11) is 0. The van der Waals surface area contributed by atoms with Crippen LogP contribution in [0.15, 0.2) is 18.2 Å². The van der Waals surface area contributed by atoms with Crippen LogP contribution in [-0.2, 0) is 17.8 Å². The Balaban J connectivity index is 2.30. The van der Waals surface area contributed by atoms with Gasteiger partial charge in [-0.25, -0.2) is 0 Å². The van der Waals surface area contributed by atoms with Crippen molar-refractivity contribution in [2.75, 3.05) is 6.61 Å². The topological polar surface area (TPSA) is 35.2 Å². The van der Waals surface area contributed by atoms with Crippen LogP contribution in [0.5, 0.6) is 0 Å². The Morgan fingerprint density at radius 3 is 2.69 bits per heavy atom. The molecular formula is C11H12F3NO. The lowest BCUT2D eigenvalue weighted by molar-refractivity contribution is -0.149. The fraction of sp³-hybridized carbons (Fsp3) is 0.455. The second kappa shape index (κ2) is 4.07. The van der Waals surface area contributed by atoms with Crippen LogP contribution in [0.25, 0.3) is 0 Å². The number of hydrogen-bond donors (Lipinski definition) is 1. The van der Waals surface area contributed by atoms with Crippen LogP contribution in [0.3, 0.4) is 0 Å². The van der Waals surface area contributed by atoms with Gasteiger partial charge in [-0.3, -0.25) is 0 Å². The Bertz CT molecular complexity index is 389. The number of fused-ring (bicyclic) bond motifs is 1. The molecule has 1 aromatic rings. The zero-order chi connectivity index (χ0) is 11.8. The highest BCUT2D eigenvalue weighted by molar-refractivity contribution is 5.34. The molecule has 2 nitrogen and oxygen atoms in total. The fourth-order valence-corrected chi connectivity index (χ4v) is 1.77. The average Bonchev–Trinajstić information content (AvgIpc) is 2.26. The van der Waals surface area contributed by atoms with Crippen molar-refractivity contribution in [3.63, 3.8) is 0 Å². The van der Waals surface area contributed by atoms with Crippen molar-refractivity contribution in [1.82, 2.24) is 0 Å². The molecule has 0 saturated heterocycles. The maximum Gasteiger partial charge on any atom is 0.407 e. The summed E-state index contributed by atoms with van der Waals surface area (Å²) in [6.07, 6.45) is -3.74. The van der Waals surface area contributed by atoms with Gasteiger partial charge in [0.05, 0.1) is 13.2 Å². The molecule has 1 atom stereocenters. The van der Waals surface area contributed by atoms with E-state index < -0.39 is 12.2 Å². The largest absolute Gasteiger partial charge is 0.407 e. The second-order valence-corrected chi connectivity index (χ2v) is 3.85. The van der Waals surface area contributed by atoms with Crippen LogP contribution in [0.1, 0.15) is 22.7 Å². The number of benzene rings is 1. The van der Waals surface area contributed by atoms with Crippen molar-refractivity contribution in [1.29, 1.82) is 0 Å². The maximum absolute atomic E-state index is 12.4. The normalized spacial score (nSPS) is 18.0. The van der Waals surface area contributed by atoms with Gasteiger partial charge in [-0.15, -0.1) is 0 Å². The number of hydrogen-bond acceptors (Lipinski definition) is 2. The van der Waals surface area contributed by atoms with Gasteiger partial charge in [0.15, 0.2) is 0 Å². The summed E-state index contributed by atoms with van der Waals surface area (Å²) in [5.41, 5.74) is 7.12. The van der Waals surface area contributed by atoms with Gasteiger partial charge in [0, 0.05) is 0 Å². The van der Waals surface area contributed by atoms with Gasteiger partial charge in [-0.1, -0.05) is 18.2 Å². The van der Waals surface area contributed by atoms with E-state index in [1.807, 2.05) is 0 Å². The fourth-order valence-electron chi connectivity index (χ4n) is 1.77. The first-order chi connectivity index (χ1) is 7.48. The number of halogens is 3. The highest BCUT2D eigenvalue weighted by atomic mass is 19.4. The molecule has 2 rings (SSSR count). The van der Waals surface area contributed by atoms with Gasteiger partial charge in [0.2, 0.25) is 0 Å². The van der Waals surface area contributed by atoms with E-state index >= 15 is 0 Å². The Kier molecular flexibility index (Phi) is 2.90. The third-order valence-electron chi connectivity index (χ3n) is 2.72. The van der Waals surface area contributed by atoms with E-state index in [1.165, 1.54) is 12.1 Å². The average molecular weight is 231 g/mol. The predicted octanol–water partition coefficient (Wildman–Crippen LogP) is 2.32. The highest BCUT2D eigenvalue weighted by Crippen LogP contribution is 2.32. The van der Waals surface area contributed by atoms with Crippen LogP contribution >= 0.6 is 0 Å². The molecule has 0 saturated carbocycles. The standard InChI is InChI=1S/C11H12F3NO/c12-11(13,14)10(15)8-1-2-9-6-16-4-3-7(9)5-8/h1-2,5,10H,3-4,6,15H2. The Hall–Kier alpha value is -1.07. The number of rotatable bonds is 1. The molecule has 0 spiro atoms. The molecule has 16 heavy (non-hydrogen) atoms. The predicted molar refractivity (Wildman–Crippen MR) is 52.8 cm³/mol. The first-order valence-corrected chi connectivity index (χ1v) is 5.00. The minimum Gasteiger partial charge on any atom is -0.376 e. The SMILES string of the molecule is NC(c1ccc2c(c1)CCOC2)C(F)(F)F. The lowest BCUT2D eigenvalue weighted by Gasteiger charge is -2.20. The van der Waals surface area contributed by atoms with Crippen molar-refractivity contribution < 1.29 is 17.9 Å². The molecular weight excluding hydrogens is 219 g/mol. The summed E-state index contributed by atoms with van der Waals surface area (Å²) in [5, 5.41) is 0. The maximum atomic E-state index is 12.4. The van der Waals surface area contributed by atoms with E-state index in [-0.39, 0.29) is 5.56 Å².